The van der Waals surface area contributed by atoms with E-state index in [0.29, 0.717) is 42.7 Å². The summed E-state index contributed by atoms with van der Waals surface area (Å²) in [6.07, 6.45) is -2.67. The Kier molecular flexibility index (Phi) is 6.09. The molecule has 6 nitrogen and oxygen atoms in total. The number of halogens is 3. The summed E-state index contributed by atoms with van der Waals surface area (Å²) >= 11 is 1.44. The predicted molar refractivity (Wildman–Crippen MR) is 126 cm³/mol. The van der Waals surface area contributed by atoms with E-state index in [1.807, 2.05) is 40.6 Å². The highest BCUT2D eigenvalue weighted by Gasteiger charge is 2.31. The molecule has 3 aromatic heterocycles. The number of hydrogen-bond donors (Lipinski definition) is 0. The average molecular weight is 486 g/mol. The normalized spacial score (nSPS) is 15.6. The summed E-state index contributed by atoms with van der Waals surface area (Å²) in [4.78, 5) is 26.5. The fourth-order valence-electron chi connectivity index (χ4n) is 4.18. The second-order valence-corrected chi connectivity index (χ2v) is 9.05. The molecule has 0 aliphatic carbocycles. The molecule has 1 aliphatic rings. The van der Waals surface area contributed by atoms with E-state index in [9.17, 15) is 18.0 Å². The van der Waals surface area contributed by atoms with E-state index in [2.05, 4.69) is 9.88 Å². The zero-order valence-electron chi connectivity index (χ0n) is 18.2. The minimum absolute atomic E-state index is 0.106. The van der Waals surface area contributed by atoms with Crippen molar-refractivity contribution in [2.45, 2.75) is 19.1 Å². The summed E-state index contributed by atoms with van der Waals surface area (Å²) < 4.78 is 40.1. The van der Waals surface area contributed by atoms with Gasteiger partial charge in [-0.1, -0.05) is 30.3 Å². The number of benzene rings is 1. The minimum atomic E-state index is -4.39. The number of alkyl halides is 3. The third kappa shape index (κ3) is 4.69. The van der Waals surface area contributed by atoms with Crippen LogP contribution in [0.4, 0.5) is 19.0 Å². The van der Waals surface area contributed by atoms with Gasteiger partial charge in [0.15, 0.2) is 4.96 Å². The quantitative estimate of drug-likeness (QED) is 0.425. The van der Waals surface area contributed by atoms with E-state index in [4.69, 9.17) is 4.98 Å². The monoisotopic (exact) mass is 485 g/mol. The summed E-state index contributed by atoms with van der Waals surface area (Å²) in [6, 6.07) is 13.8. The highest BCUT2D eigenvalue weighted by molar-refractivity contribution is 7.15. The van der Waals surface area contributed by atoms with Gasteiger partial charge in [-0.25, -0.2) is 9.97 Å². The molecule has 176 valence electrons. The highest BCUT2D eigenvalue weighted by atomic mass is 32.1. The lowest BCUT2D eigenvalue weighted by Crippen LogP contribution is -2.31. The molecule has 0 saturated carbocycles. The smallest absolute Gasteiger partial charge is 0.355 e. The zero-order chi connectivity index (χ0) is 23.7. The molecule has 0 radical (unpaired) electrons. The van der Waals surface area contributed by atoms with E-state index < -0.39 is 11.7 Å². The maximum Gasteiger partial charge on any atom is 0.417 e. The first kappa shape index (κ1) is 22.5. The van der Waals surface area contributed by atoms with Crippen molar-refractivity contribution in [1.82, 2.24) is 19.3 Å². The lowest BCUT2D eigenvalue weighted by Gasteiger charge is -2.23. The van der Waals surface area contributed by atoms with Crippen molar-refractivity contribution in [3.8, 4) is 11.3 Å². The third-order valence-corrected chi connectivity index (χ3v) is 6.73. The van der Waals surface area contributed by atoms with Crippen molar-refractivity contribution < 1.29 is 13.2 Å². The largest absolute Gasteiger partial charge is 0.417 e. The van der Waals surface area contributed by atoms with Crippen LogP contribution in [0.3, 0.4) is 0 Å². The maximum absolute atomic E-state index is 12.9. The van der Waals surface area contributed by atoms with Gasteiger partial charge in [0.1, 0.15) is 5.82 Å². The fraction of sp³-hybridized carbons (Fsp3) is 0.292. The van der Waals surface area contributed by atoms with Crippen molar-refractivity contribution >= 4 is 22.1 Å². The Morgan fingerprint density at radius 2 is 1.82 bits per heavy atom. The van der Waals surface area contributed by atoms with Gasteiger partial charge in [-0.3, -0.25) is 14.1 Å². The molecular weight excluding hydrogens is 463 g/mol. The van der Waals surface area contributed by atoms with E-state index in [1.165, 1.54) is 17.4 Å². The summed E-state index contributed by atoms with van der Waals surface area (Å²) in [6.45, 7) is 3.38. The molecule has 0 N–H and O–H groups in total. The Morgan fingerprint density at radius 3 is 2.56 bits per heavy atom. The predicted octanol–water partition coefficient (Wildman–Crippen LogP) is 4.55. The van der Waals surface area contributed by atoms with Gasteiger partial charge in [-0.15, -0.1) is 11.3 Å². The van der Waals surface area contributed by atoms with E-state index >= 15 is 0 Å². The van der Waals surface area contributed by atoms with Crippen LogP contribution >= 0.6 is 11.3 Å². The van der Waals surface area contributed by atoms with E-state index in [1.54, 1.807) is 10.5 Å². The Labute approximate surface area is 197 Å². The molecular formula is C24H22F3N5OS. The summed E-state index contributed by atoms with van der Waals surface area (Å²) in [5, 5.41) is 1.95. The maximum atomic E-state index is 12.9. The van der Waals surface area contributed by atoms with Gasteiger partial charge in [0.25, 0.3) is 5.56 Å². The number of rotatable bonds is 4. The van der Waals surface area contributed by atoms with Gasteiger partial charge >= 0.3 is 6.18 Å². The Morgan fingerprint density at radius 1 is 1.00 bits per heavy atom. The Balaban J connectivity index is 1.29. The van der Waals surface area contributed by atoms with Crippen molar-refractivity contribution in [1.29, 1.82) is 0 Å². The molecule has 0 amide bonds. The van der Waals surface area contributed by atoms with Crippen molar-refractivity contribution in [3.05, 3.63) is 81.7 Å². The fourth-order valence-corrected chi connectivity index (χ4v) is 5.11. The van der Waals surface area contributed by atoms with Gasteiger partial charge in [0.05, 0.1) is 17.0 Å². The molecule has 5 rings (SSSR count). The van der Waals surface area contributed by atoms with Crippen molar-refractivity contribution in [2.24, 2.45) is 0 Å². The van der Waals surface area contributed by atoms with Crippen LogP contribution in [0.25, 0.3) is 16.2 Å². The molecule has 1 fully saturated rings. The topological polar surface area (TPSA) is 53.7 Å². The van der Waals surface area contributed by atoms with Crippen LogP contribution in [0.2, 0.25) is 0 Å². The number of thiazole rings is 1. The number of aromatic nitrogens is 3. The molecule has 1 aromatic carbocycles. The van der Waals surface area contributed by atoms with Gasteiger partial charge in [0, 0.05) is 50.4 Å². The molecule has 4 aromatic rings. The zero-order valence-corrected chi connectivity index (χ0v) is 19.0. The van der Waals surface area contributed by atoms with Crippen LogP contribution in [0.15, 0.2) is 64.9 Å². The molecule has 0 spiro atoms. The molecule has 1 saturated heterocycles. The van der Waals surface area contributed by atoms with Gasteiger partial charge < -0.3 is 4.90 Å². The summed E-state index contributed by atoms with van der Waals surface area (Å²) in [5.41, 5.74) is 1.66. The van der Waals surface area contributed by atoms with Crippen LogP contribution in [-0.2, 0) is 12.7 Å². The first-order chi connectivity index (χ1) is 16.4. The Hall–Kier alpha value is -3.24. The van der Waals surface area contributed by atoms with Gasteiger partial charge in [-0.2, -0.15) is 13.2 Å². The molecule has 1 aliphatic heterocycles. The molecule has 4 heterocycles. The SMILES string of the molecule is O=c1cc(CN2CCCN(c3ccc(C(F)(F)F)cn3)CC2)nc2scc(-c3ccccc3)n12. The standard InChI is InChI=1S/C24H22F3N5OS/c25-24(26,27)18-7-8-21(28-14-18)31-10-4-9-30(11-12-31)15-19-13-22(33)32-20(16-34-23(32)29-19)17-5-2-1-3-6-17/h1-3,5-8,13-14,16H,4,9-12,15H2. The highest BCUT2D eigenvalue weighted by Crippen LogP contribution is 2.29. The van der Waals surface area contributed by atoms with Crippen LogP contribution in [0, 0.1) is 0 Å². The number of hydrogen-bond acceptors (Lipinski definition) is 6. The average Bonchev–Trinajstić information content (AvgIpc) is 3.12. The third-order valence-electron chi connectivity index (χ3n) is 5.90. The van der Waals surface area contributed by atoms with E-state index in [-0.39, 0.29) is 5.56 Å². The van der Waals surface area contributed by atoms with Crippen LogP contribution in [-0.4, -0.2) is 45.4 Å². The van der Waals surface area contributed by atoms with Crippen molar-refractivity contribution in [2.75, 3.05) is 31.1 Å². The molecule has 0 atom stereocenters. The minimum Gasteiger partial charge on any atom is -0.355 e. The second kappa shape index (κ2) is 9.19. The van der Waals surface area contributed by atoms with Crippen LogP contribution < -0.4 is 10.5 Å². The number of anilines is 1. The van der Waals surface area contributed by atoms with Gasteiger partial charge in [0.2, 0.25) is 0 Å². The van der Waals surface area contributed by atoms with E-state index in [0.717, 1.165) is 36.5 Å². The van der Waals surface area contributed by atoms with Crippen molar-refractivity contribution in [3.63, 3.8) is 0 Å². The number of nitrogens with zero attached hydrogens (tertiary/aromatic N) is 5. The summed E-state index contributed by atoms with van der Waals surface area (Å²) in [5.74, 6) is 0.541. The molecule has 0 bridgehead atoms. The first-order valence-corrected chi connectivity index (χ1v) is 11.8. The van der Waals surface area contributed by atoms with Crippen LogP contribution in [0.5, 0.6) is 0 Å². The molecule has 34 heavy (non-hydrogen) atoms. The number of pyridine rings is 1. The Bertz CT molecular complexity index is 1330. The molecule has 10 heteroatoms. The second-order valence-electron chi connectivity index (χ2n) is 8.21. The van der Waals surface area contributed by atoms with Crippen LogP contribution in [0.1, 0.15) is 17.7 Å². The molecule has 0 unspecified atom stereocenters. The number of fused-ring (bicyclic) bond motifs is 1. The lowest BCUT2D eigenvalue weighted by atomic mass is 10.2. The van der Waals surface area contributed by atoms with Gasteiger partial charge in [-0.05, 0) is 24.1 Å². The lowest BCUT2D eigenvalue weighted by molar-refractivity contribution is -0.137. The first-order valence-electron chi connectivity index (χ1n) is 10.9. The summed E-state index contributed by atoms with van der Waals surface area (Å²) in [7, 11) is 0.